The molecule has 0 aliphatic heterocycles. The van der Waals surface area contributed by atoms with Crippen LogP contribution in [0.3, 0.4) is 0 Å². The van der Waals surface area contributed by atoms with E-state index in [-0.39, 0.29) is 0 Å². The fraction of sp³-hybridized carbons (Fsp3) is 0.409. The number of aliphatic imine (C=N–C) groups is 1. The molecule has 0 bridgehead atoms. The average Bonchev–Trinajstić information content (AvgIpc) is 2.67. The first-order valence-corrected chi connectivity index (χ1v) is 9.51. The molecule has 0 heterocycles. The Bertz CT molecular complexity index is 687. The first-order chi connectivity index (χ1) is 13.1. The molecule has 0 amide bonds. The third kappa shape index (κ3) is 8.71. The van der Waals surface area contributed by atoms with Crippen LogP contribution in [0, 0.1) is 0 Å². The summed E-state index contributed by atoms with van der Waals surface area (Å²) in [6, 6.07) is 18.4. The van der Waals surface area contributed by atoms with Crippen LogP contribution in [0.15, 0.2) is 59.6 Å². The molecule has 5 nitrogen and oxygen atoms in total. The number of hydrogen-bond acceptors (Lipinski definition) is 3. The van der Waals surface area contributed by atoms with Gasteiger partial charge in [0.1, 0.15) is 0 Å². The van der Waals surface area contributed by atoms with Crippen molar-refractivity contribution in [3.05, 3.63) is 65.7 Å². The van der Waals surface area contributed by atoms with Gasteiger partial charge in [-0.15, -0.1) is 0 Å². The number of benzene rings is 2. The van der Waals surface area contributed by atoms with Crippen LogP contribution < -0.4 is 11.1 Å². The lowest BCUT2D eigenvalue weighted by molar-refractivity contribution is 0.0403. The number of rotatable bonds is 11. The molecule has 0 spiro atoms. The van der Waals surface area contributed by atoms with Gasteiger partial charge in [0, 0.05) is 18.8 Å². The second-order valence-corrected chi connectivity index (χ2v) is 6.68. The van der Waals surface area contributed by atoms with Crippen molar-refractivity contribution in [3.63, 3.8) is 0 Å². The van der Waals surface area contributed by atoms with Crippen molar-refractivity contribution in [2.45, 2.75) is 32.8 Å². The van der Waals surface area contributed by atoms with E-state index in [1.54, 1.807) is 0 Å². The van der Waals surface area contributed by atoms with Crippen molar-refractivity contribution in [1.82, 2.24) is 0 Å². The monoisotopic (exact) mass is 369 g/mol. The molecule has 0 saturated heterocycles. The summed E-state index contributed by atoms with van der Waals surface area (Å²) in [5, 5.41) is 3.14. The highest BCUT2D eigenvalue weighted by molar-refractivity contribution is 5.92. The van der Waals surface area contributed by atoms with Gasteiger partial charge in [0.15, 0.2) is 5.96 Å². The average molecular weight is 370 g/mol. The lowest BCUT2D eigenvalue weighted by Crippen LogP contribution is -2.23. The Morgan fingerprint density at radius 3 is 2.56 bits per heavy atom. The molecule has 0 aliphatic rings. The number of guanidine groups is 1. The highest BCUT2D eigenvalue weighted by atomic mass is 16.5. The Morgan fingerprint density at radius 1 is 1.00 bits per heavy atom. The molecule has 5 heteroatoms. The minimum absolute atomic E-state index is 0.433. The van der Waals surface area contributed by atoms with Crippen LogP contribution in [0.5, 0.6) is 0 Å². The van der Waals surface area contributed by atoms with Gasteiger partial charge in [-0.1, -0.05) is 56.3 Å². The second-order valence-electron chi connectivity index (χ2n) is 6.68. The number of anilines is 1. The first-order valence-electron chi connectivity index (χ1n) is 9.51. The molecular weight excluding hydrogens is 338 g/mol. The van der Waals surface area contributed by atoms with Crippen LogP contribution in [0.2, 0.25) is 0 Å². The zero-order valence-corrected chi connectivity index (χ0v) is 16.4. The minimum atomic E-state index is 0.433. The highest BCUT2D eigenvalue weighted by Gasteiger charge is 2.01. The van der Waals surface area contributed by atoms with Gasteiger partial charge >= 0.3 is 0 Å². The van der Waals surface area contributed by atoms with Gasteiger partial charge in [-0.05, 0) is 35.6 Å². The van der Waals surface area contributed by atoms with E-state index in [0.29, 0.717) is 44.8 Å². The summed E-state index contributed by atoms with van der Waals surface area (Å²) < 4.78 is 11.1. The molecule has 2 rings (SSSR count). The lowest BCUT2D eigenvalue weighted by atomic mass is 10.0. The number of ether oxygens (including phenoxy) is 2. The normalized spacial score (nSPS) is 11.7. The maximum Gasteiger partial charge on any atom is 0.193 e. The van der Waals surface area contributed by atoms with Crippen LogP contribution in [0.25, 0.3) is 0 Å². The molecule has 3 N–H and O–H groups in total. The van der Waals surface area contributed by atoms with Gasteiger partial charge in [0.05, 0.1) is 19.8 Å². The summed E-state index contributed by atoms with van der Waals surface area (Å²) in [5.74, 6) is 0.917. The van der Waals surface area contributed by atoms with Gasteiger partial charge in [0.25, 0.3) is 0 Å². The van der Waals surface area contributed by atoms with E-state index in [9.17, 15) is 0 Å². The fourth-order valence-corrected chi connectivity index (χ4v) is 2.51. The largest absolute Gasteiger partial charge is 0.379 e. The maximum atomic E-state index is 5.95. The quantitative estimate of drug-likeness (QED) is 0.354. The van der Waals surface area contributed by atoms with Crippen LogP contribution in [-0.2, 0) is 16.1 Å². The zero-order chi connectivity index (χ0) is 19.3. The molecule has 27 heavy (non-hydrogen) atoms. The fourth-order valence-electron chi connectivity index (χ4n) is 2.51. The van der Waals surface area contributed by atoms with Crippen LogP contribution in [0.4, 0.5) is 5.69 Å². The molecule has 0 aromatic heterocycles. The summed E-state index contributed by atoms with van der Waals surface area (Å²) in [7, 11) is 0. The van der Waals surface area contributed by atoms with Crippen molar-refractivity contribution in [2.75, 3.05) is 31.7 Å². The molecule has 0 unspecified atom stereocenters. The smallest absolute Gasteiger partial charge is 0.193 e. The van der Waals surface area contributed by atoms with Crippen molar-refractivity contribution < 1.29 is 9.47 Å². The first kappa shape index (κ1) is 20.9. The standard InChI is InChI=1S/C22H31N3O2/c1-18(2)20-10-6-11-21(16-20)25-22(23)24-12-7-13-26-14-15-27-17-19-8-4-3-5-9-19/h3-6,8-11,16,18H,7,12-15,17H2,1-2H3,(H3,23,24,25). The van der Waals surface area contributed by atoms with E-state index in [1.807, 2.05) is 30.3 Å². The summed E-state index contributed by atoms with van der Waals surface area (Å²) in [4.78, 5) is 4.34. The lowest BCUT2D eigenvalue weighted by Gasteiger charge is -2.10. The molecule has 0 atom stereocenters. The third-order valence-electron chi connectivity index (χ3n) is 4.04. The maximum absolute atomic E-state index is 5.95. The van der Waals surface area contributed by atoms with E-state index in [1.165, 1.54) is 11.1 Å². The molecule has 0 aliphatic carbocycles. The number of nitrogens with zero attached hydrogens (tertiary/aromatic N) is 1. The van der Waals surface area contributed by atoms with Crippen LogP contribution in [-0.4, -0.2) is 32.3 Å². The van der Waals surface area contributed by atoms with Crippen LogP contribution >= 0.6 is 0 Å². The predicted octanol–water partition coefficient (Wildman–Crippen LogP) is 4.16. The third-order valence-corrected chi connectivity index (χ3v) is 4.04. The number of nitrogens with two attached hydrogens (primary N) is 1. The topological polar surface area (TPSA) is 68.9 Å². The Kier molecular flexibility index (Phi) is 9.38. The van der Waals surface area contributed by atoms with Crippen molar-refractivity contribution >= 4 is 11.6 Å². The van der Waals surface area contributed by atoms with Crippen LogP contribution in [0.1, 0.15) is 37.3 Å². The summed E-state index contributed by atoms with van der Waals surface area (Å²) in [6.45, 7) is 7.42. The second kappa shape index (κ2) is 12.1. The zero-order valence-electron chi connectivity index (χ0n) is 16.4. The van der Waals surface area contributed by atoms with Gasteiger partial charge in [-0.2, -0.15) is 0 Å². The predicted molar refractivity (Wildman–Crippen MR) is 112 cm³/mol. The Balaban J connectivity index is 1.53. The van der Waals surface area contributed by atoms with Crippen molar-refractivity contribution in [1.29, 1.82) is 0 Å². The molecule has 146 valence electrons. The summed E-state index contributed by atoms with van der Waals surface area (Å²) >= 11 is 0. The van der Waals surface area contributed by atoms with E-state index < -0.39 is 0 Å². The van der Waals surface area contributed by atoms with E-state index >= 15 is 0 Å². The number of hydrogen-bond donors (Lipinski definition) is 2. The molecule has 0 radical (unpaired) electrons. The van der Waals surface area contributed by atoms with Crippen molar-refractivity contribution in [3.8, 4) is 0 Å². The van der Waals surface area contributed by atoms with Crippen molar-refractivity contribution in [2.24, 2.45) is 10.7 Å². The van der Waals surface area contributed by atoms with Gasteiger partial charge in [-0.3, -0.25) is 4.99 Å². The molecule has 2 aromatic carbocycles. The van der Waals surface area contributed by atoms with E-state index in [2.05, 4.69) is 48.4 Å². The molecule has 0 saturated carbocycles. The Morgan fingerprint density at radius 2 is 1.78 bits per heavy atom. The summed E-state index contributed by atoms with van der Waals surface area (Å²) in [5.41, 5.74) is 9.36. The Labute approximate surface area is 162 Å². The molecule has 0 fully saturated rings. The molecular formula is C22H31N3O2. The van der Waals surface area contributed by atoms with Gasteiger partial charge in [-0.25, -0.2) is 0 Å². The van der Waals surface area contributed by atoms with E-state index in [4.69, 9.17) is 15.2 Å². The van der Waals surface area contributed by atoms with Gasteiger partial charge < -0.3 is 20.5 Å². The van der Waals surface area contributed by atoms with Gasteiger partial charge in [0.2, 0.25) is 0 Å². The van der Waals surface area contributed by atoms with E-state index in [0.717, 1.165) is 12.1 Å². The summed E-state index contributed by atoms with van der Waals surface area (Å²) in [6.07, 6.45) is 0.826. The number of nitrogens with one attached hydrogen (secondary N) is 1. The highest BCUT2D eigenvalue weighted by Crippen LogP contribution is 2.18. The molecule has 2 aromatic rings. The Hall–Kier alpha value is -2.37. The minimum Gasteiger partial charge on any atom is -0.379 e. The SMILES string of the molecule is CC(C)c1cccc(NC(N)=NCCCOCCOCc2ccccc2)c1.